The molecule has 0 bridgehead atoms. The summed E-state index contributed by atoms with van der Waals surface area (Å²) >= 11 is 6.71. The van der Waals surface area contributed by atoms with Gasteiger partial charge in [0.05, 0.1) is 22.1 Å². The second-order valence-corrected chi connectivity index (χ2v) is 7.29. The van der Waals surface area contributed by atoms with Gasteiger partial charge in [-0.25, -0.2) is 4.98 Å². The second kappa shape index (κ2) is 8.56. The molecule has 1 amide bonds. The Balaban J connectivity index is 1.75. The van der Waals surface area contributed by atoms with Gasteiger partial charge in [0, 0.05) is 15.6 Å². The van der Waals surface area contributed by atoms with Crippen LogP contribution in [0.4, 0.5) is 5.69 Å². The Bertz CT molecular complexity index is 601. The van der Waals surface area contributed by atoms with Crippen LogP contribution < -0.4 is 5.32 Å². The number of anilines is 1. The molecule has 0 saturated heterocycles. The topological polar surface area (TPSA) is 42.0 Å². The molecule has 1 aromatic carbocycles. The van der Waals surface area contributed by atoms with Crippen LogP contribution in [-0.4, -0.2) is 16.6 Å². The van der Waals surface area contributed by atoms with Crippen molar-refractivity contribution >= 4 is 50.6 Å². The van der Waals surface area contributed by atoms with Crippen LogP contribution in [-0.2, 0) is 17.0 Å². The SMILES string of the molecule is CCCc1nc(CSCC(=O)Nc2ccccc2Br)cs1. The van der Waals surface area contributed by atoms with Crippen molar-refractivity contribution in [2.75, 3.05) is 11.1 Å². The third kappa shape index (κ3) is 5.45. The van der Waals surface area contributed by atoms with Gasteiger partial charge < -0.3 is 5.32 Å². The molecule has 2 aromatic rings. The van der Waals surface area contributed by atoms with Gasteiger partial charge in [-0.1, -0.05) is 19.1 Å². The van der Waals surface area contributed by atoms with E-state index in [9.17, 15) is 4.79 Å². The molecule has 0 saturated carbocycles. The highest BCUT2D eigenvalue weighted by Crippen LogP contribution is 2.22. The average molecular weight is 385 g/mol. The zero-order chi connectivity index (χ0) is 15.1. The largest absolute Gasteiger partial charge is 0.324 e. The Kier molecular flexibility index (Phi) is 6.73. The number of nitrogens with zero attached hydrogens (tertiary/aromatic N) is 1. The Hall–Kier alpha value is -0.850. The summed E-state index contributed by atoms with van der Waals surface area (Å²) in [6.07, 6.45) is 2.16. The van der Waals surface area contributed by atoms with Gasteiger partial charge in [0.15, 0.2) is 0 Å². The number of thiazole rings is 1. The number of carbonyl (C=O) groups is 1. The molecule has 0 atom stereocenters. The van der Waals surface area contributed by atoms with Crippen molar-refractivity contribution in [3.05, 3.63) is 44.8 Å². The summed E-state index contributed by atoms with van der Waals surface area (Å²) in [5.41, 5.74) is 1.88. The summed E-state index contributed by atoms with van der Waals surface area (Å²) in [7, 11) is 0. The van der Waals surface area contributed by atoms with Gasteiger partial charge in [-0.05, 0) is 40.9 Å². The van der Waals surface area contributed by atoms with Crippen molar-refractivity contribution in [1.29, 1.82) is 0 Å². The molecule has 0 unspecified atom stereocenters. The van der Waals surface area contributed by atoms with Gasteiger partial charge >= 0.3 is 0 Å². The second-order valence-electron chi connectivity index (χ2n) is 4.50. The van der Waals surface area contributed by atoms with Gasteiger partial charge in [0.2, 0.25) is 5.91 Å². The van der Waals surface area contributed by atoms with E-state index in [2.05, 4.69) is 38.5 Å². The number of nitrogens with one attached hydrogen (secondary N) is 1. The molecule has 1 aromatic heterocycles. The number of amides is 1. The smallest absolute Gasteiger partial charge is 0.234 e. The summed E-state index contributed by atoms with van der Waals surface area (Å²) in [5.74, 6) is 1.22. The van der Waals surface area contributed by atoms with Crippen LogP contribution in [0.3, 0.4) is 0 Å². The van der Waals surface area contributed by atoms with Gasteiger partial charge in [-0.3, -0.25) is 4.79 Å². The van der Waals surface area contributed by atoms with E-state index in [-0.39, 0.29) is 5.91 Å². The standard InChI is InChI=1S/C15H17BrN2OS2/c1-2-5-15-17-11(9-21-15)8-20-10-14(19)18-13-7-4-3-6-12(13)16/h3-4,6-7,9H,2,5,8,10H2,1H3,(H,18,19). The maximum Gasteiger partial charge on any atom is 0.234 e. The van der Waals surface area contributed by atoms with Crippen molar-refractivity contribution in [2.24, 2.45) is 0 Å². The van der Waals surface area contributed by atoms with Crippen LogP contribution in [0.2, 0.25) is 0 Å². The van der Waals surface area contributed by atoms with Gasteiger partial charge in [-0.15, -0.1) is 23.1 Å². The normalized spacial score (nSPS) is 10.6. The lowest BCUT2D eigenvalue weighted by atomic mass is 10.3. The zero-order valence-electron chi connectivity index (χ0n) is 11.8. The first kappa shape index (κ1) is 16.5. The fraction of sp³-hybridized carbons (Fsp3) is 0.333. The molecule has 0 spiro atoms. The minimum Gasteiger partial charge on any atom is -0.324 e. The first-order valence-corrected chi connectivity index (χ1v) is 9.57. The number of aryl methyl sites for hydroxylation is 1. The number of benzene rings is 1. The third-order valence-corrected chi connectivity index (χ3v) is 5.31. The number of halogens is 1. The van der Waals surface area contributed by atoms with Crippen LogP contribution in [0.15, 0.2) is 34.1 Å². The molecule has 0 aliphatic heterocycles. The van der Waals surface area contributed by atoms with E-state index in [0.29, 0.717) is 5.75 Å². The first-order valence-electron chi connectivity index (χ1n) is 6.74. The van der Waals surface area contributed by atoms with Crippen LogP contribution in [0.5, 0.6) is 0 Å². The monoisotopic (exact) mass is 384 g/mol. The van der Waals surface area contributed by atoms with Crippen molar-refractivity contribution < 1.29 is 4.79 Å². The number of thioether (sulfide) groups is 1. The van der Waals surface area contributed by atoms with Crippen LogP contribution in [0, 0.1) is 0 Å². The van der Waals surface area contributed by atoms with Crippen LogP contribution in [0.1, 0.15) is 24.0 Å². The Morgan fingerprint density at radius 1 is 1.43 bits per heavy atom. The van der Waals surface area contributed by atoms with E-state index < -0.39 is 0 Å². The molecule has 112 valence electrons. The fourth-order valence-corrected chi connectivity index (χ4v) is 3.85. The number of hydrogen-bond donors (Lipinski definition) is 1. The Labute approximate surface area is 141 Å². The highest BCUT2D eigenvalue weighted by atomic mass is 79.9. The maximum absolute atomic E-state index is 11.9. The quantitative estimate of drug-likeness (QED) is 0.749. The molecule has 1 heterocycles. The van der Waals surface area contributed by atoms with E-state index in [1.54, 1.807) is 23.1 Å². The summed E-state index contributed by atoms with van der Waals surface area (Å²) in [5, 5.41) is 6.17. The Morgan fingerprint density at radius 2 is 2.24 bits per heavy atom. The summed E-state index contributed by atoms with van der Waals surface area (Å²) in [6.45, 7) is 2.15. The molecule has 0 aliphatic rings. The van der Waals surface area contributed by atoms with Gasteiger partial charge in [0.25, 0.3) is 0 Å². The summed E-state index contributed by atoms with van der Waals surface area (Å²) in [4.78, 5) is 16.4. The van der Waals surface area contributed by atoms with Crippen molar-refractivity contribution in [3.63, 3.8) is 0 Å². The number of carbonyl (C=O) groups excluding carboxylic acids is 1. The molecule has 0 radical (unpaired) electrons. The third-order valence-electron chi connectivity index (χ3n) is 2.69. The summed E-state index contributed by atoms with van der Waals surface area (Å²) in [6, 6.07) is 7.61. The lowest BCUT2D eigenvalue weighted by Crippen LogP contribution is -2.14. The number of aromatic nitrogens is 1. The van der Waals surface area contributed by atoms with Crippen LogP contribution >= 0.6 is 39.0 Å². The molecule has 0 aliphatic carbocycles. The Morgan fingerprint density at radius 3 is 3.00 bits per heavy atom. The molecule has 21 heavy (non-hydrogen) atoms. The van der Waals surface area contributed by atoms with Crippen LogP contribution in [0.25, 0.3) is 0 Å². The molecular weight excluding hydrogens is 368 g/mol. The molecule has 3 nitrogen and oxygen atoms in total. The van der Waals surface area contributed by atoms with Crippen molar-refractivity contribution in [3.8, 4) is 0 Å². The predicted molar refractivity (Wildman–Crippen MR) is 95.0 cm³/mol. The molecular formula is C15H17BrN2OS2. The average Bonchev–Trinajstić information content (AvgIpc) is 2.89. The van der Waals surface area contributed by atoms with E-state index in [0.717, 1.165) is 34.4 Å². The number of hydrogen-bond acceptors (Lipinski definition) is 4. The van der Waals surface area contributed by atoms with Crippen molar-refractivity contribution in [2.45, 2.75) is 25.5 Å². The van der Waals surface area contributed by atoms with E-state index in [4.69, 9.17) is 0 Å². The molecule has 0 fully saturated rings. The van der Waals surface area contributed by atoms with E-state index in [1.165, 1.54) is 5.01 Å². The molecule has 1 N–H and O–H groups in total. The lowest BCUT2D eigenvalue weighted by molar-refractivity contribution is -0.113. The number of para-hydroxylation sites is 1. The number of rotatable bonds is 7. The zero-order valence-corrected chi connectivity index (χ0v) is 15.0. The minimum atomic E-state index is 0.0101. The lowest BCUT2D eigenvalue weighted by Gasteiger charge is -2.06. The minimum absolute atomic E-state index is 0.0101. The van der Waals surface area contributed by atoms with Gasteiger partial charge in [-0.2, -0.15) is 0 Å². The fourth-order valence-electron chi connectivity index (χ4n) is 1.74. The highest BCUT2D eigenvalue weighted by Gasteiger charge is 2.07. The molecule has 6 heteroatoms. The van der Waals surface area contributed by atoms with E-state index in [1.807, 2.05) is 24.3 Å². The van der Waals surface area contributed by atoms with Crippen molar-refractivity contribution in [1.82, 2.24) is 4.98 Å². The highest BCUT2D eigenvalue weighted by molar-refractivity contribution is 9.10. The van der Waals surface area contributed by atoms with Gasteiger partial charge in [0.1, 0.15) is 0 Å². The predicted octanol–water partition coefficient (Wildman–Crippen LogP) is 4.73. The molecule has 2 rings (SSSR count). The van der Waals surface area contributed by atoms with E-state index >= 15 is 0 Å². The maximum atomic E-state index is 11.9. The summed E-state index contributed by atoms with van der Waals surface area (Å²) < 4.78 is 0.895. The first-order chi connectivity index (χ1) is 10.2.